The monoisotopic (exact) mass is 341 g/mol. The van der Waals surface area contributed by atoms with Gasteiger partial charge in [0.1, 0.15) is 17.1 Å². The van der Waals surface area contributed by atoms with Gasteiger partial charge in [-0.15, -0.1) is 0 Å². The first-order chi connectivity index (χ1) is 12.2. The fraction of sp³-hybridized carbons (Fsp3) is 0.167. The molecule has 0 aliphatic carbocycles. The molecule has 0 bridgehead atoms. The summed E-state index contributed by atoms with van der Waals surface area (Å²) in [5.74, 6) is -0.379. The van der Waals surface area contributed by atoms with Crippen LogP contribution in [0.15, 0.2) is 60.4 Å². The van der Waals surface area contributed by atoms with Gasteiger partial charge in [-0.25, -0.2) is 9.78 Å². The zero-order chi connectivity index (χ0) is 18.1. The minimum Gasteiger partial charge on any atom is -0.495 e. The number of benzene rings is 1. The standard InChI is InChI=1S/C18H19N3O4/c1-3-25-18(23)13(12-20-16-10-6-7-11-19-16)17(22)21-14-8-4-5-9-15(14)24-2/h4-12H,3H2,1-2H3,(H,19,20)(H,21,22). The Balaban J connectivity index is 2.22. The summed E-state index contributed by atoms with van der Waals surface area (Å²) in [5.41, 5.74) is 0.265. The van der Waals surface area contributed by atoms with Gasteiger partial charge in [0.25, 0.3) is 5.91 Å². The molecule has 0 atom stereocenters. The lowest BCUT2D eigenvalue weighted by atomic mass is 10.2. The summed E-state index contributed by atoms with van der Waals surface area (Å²) >= 11 is 0. The summed E-state index contributed by atoms with van der Waals surface area (Å²) in [6.45, 7) is 1.82. The molecule has 7 nitrogen and oxygen atoms in total. The molecule has 0 aliphatic heterocycles. The van der Waals surface area contributed by atoms with Crippen molar-refractivity contribution in [1.29, 1.82) is 0 Å². The minimum atomic E-state index is -0.738. The molecule has 7 heteroatoms. The van der Waals surface area contributed by atoms with Gasteiger partial charge in [0.15, 0.2) is 0 Å². The summed E-state index contributed by atoms with van der Waals surface area (Å²) in [4.78, 5) is 28.7. The second-order valence-electron chi connectivity index (χ2n) is 4.79. The topological polar surface area (TPSA) is 89.5 Å². The van der Waals surface area contributed by atoms with Crippen LogP contribution in [0.3, 0.4) is 0 Å². The van der Waals surface area contributed by atoms with Crippen molar-refractivity contribution in [3.05, 3.63) is 60.4 Å². The number of para-hydroxylation sites is 2. The van der Waals surface area contributed by atoms with Crippen LogP contribution in [0.4, 0.5) is 11.5 Å². The number of methoxy groups -OCH3 is 1. The molecule has 0 radical (unpaired) electrons. The molecule has 2 rings (SSSR count). The van der Waals surface area contributed by atoms with E-state index in [1.54, 1.807) is 55.6 Å². The number of nitrogens with one attached hydrogen (secondary N) is 2. The zero-order valence-electron chi connectivity index (χ0n) is 14.0. The molecule has 25 heavy (non-hydrogen) atoms. The Morgan fingerprint density at radius 1 is 1.16 bits per heavy atom. The number of amides is 1. The smallest absolute Gasteiger partial charge is 0.345 e. The van der Waals surface area contributed by atoms with Crippen LogP contribution in [0, 0.1) is 0 Å². The fourth-order valence-electron chi connectivity index (χ4n) is 1.96. The molecule has 0 saturated carbocycles. The summed E-state index contributed by atoms with van der Waals surface area (Å²) in [6, 6.07) is 12.1. The highest BCUT2D eigenvalue weighted by atomic mass is 16.5. The van der Waals surface area contributed by atoms with Crippen LogP contribution in [0.1, 0.15) is 6.92 Å². The van der Waals surface area contributed by atoms with E-state index in [1.807, 2.05) is 0 Å². The predicted octanol–water partition coefficient (Wildman–Crippen LogP) is 2.59. The van der Waals surface area contributed by atoms with Gasteiger partial charge in [-0.05, 0) is 31.2 Å². The molecule has 0 aliphatic rings. The van der Waals surface area contributed by atoms with Crippen molar-refractivity contribution in [3.63, 3.8) is 0 Å². The summed E-state index contributed by atoms with van der Waals surface area (Å²) in [6.07, 6.45) is 2.86. The maximum atomic E-state index is 12.5. The van der Waals surface area contributed by atoms with Gasteiger partial charge in [-0.1, -0.05) is 18.2 Å². The van der Waals surface area contributed by atoms with Gasteiger partial charge in [-0.3, -0.25) is 4.79 Å². The number of ether oxygens (including phenoxy) is 2. The molecule has 1 heterocycles. The first-order valence-electron chi connectivity index (χ1n) is 7.65. The number of carbonyl (C=O) groups excluding carboxylic acids is 2. The molecular formula is C18H19N3O4. The number of aromatic nitrogens is 1. The molecule has 0 fully saturated rings. The highest BCUT2D eigenvalue weighted by molar-refractivity contribution is 6.21. The third-order valence-electron chi connectivity index (χ3n) is 3.12. The van der Waals surface area contributed by atoms with E-state index in [9.17, 15) is 9.59 Å². The first kappa shape index (κ1) is 18.0. The molecule has 2 N–H and O–H groups in total. The van der Waals surface area contributed by atoms with E-state index < -0.39 is 11.9 Å². The third-order valence-corrected chi connectivity index (χ3v) is 3.12. The van der Waals surface area contributed by atoms with E-state index in [0.29, 0.717) is 17.3 Å². The van der Waals surface area contributed by atoms with Gasteiger partial charge in [0.05, 0.1) is 19.4 Å². The van der Waals surface area contributed by atoms with Crippen molar-refractivity contribution in [2.24, 2.45) is 0 Å². The summed E-state index contributed by atoms with van der Waals surface area (Å²) in [5, 5.41) is 5.46. The third kappa shape index (κ3) is 5.07. The lowest BCUT2D eigenvalue weighted by molar-refractivity contribution is -0.139. The average molecular weight is 341 g/mol. The van der Waals surface area contributed by atoms with E-state index in [-0.39, 0.29) is 12.2 Å². The Kier molecular flexibility index (Phi) is 6.53. The molecule has 0 unspecified atom stereocenters. The van der Waals surface area contributed by atoms with E-state index in [4.69, 9.17) is 9.47 Å². The number of hydrogen-bond donors (Lipinski definition) is 2. The van der Waals surface area contributed by atoms with Crippen molar-refractivity contribution in [3.8, 4) is 5.75 Å². The first-order valence-corrected chi connectivity index (χ1v) is 7.65. The highest BCUT2D eigenvalue weighted by Crippen LogP contribution is 2.23. The number of carbonyl (C=O) groups is 2. The number of nitrogens with zero attached hydrogens (tertiary/aromatic N) is 1. The summed E-state index contributed by atoms with van der Waals surface area (Å²) < 4.78 is 10.1. The Hall–Kier alpha value is -3.35. The molecule has 1 aromatic carbocycles. The maximum absolute atomic E-state index is 12.5. The Morgan fingerprint density at radius 3 is 2.60 bits per heavy atom. The Labute approximate surface area is 145 Å². The molecule has 130 valence electrons. The lowest BCUT2D eigenvalue weighted by Gasteiger charge is -2.11. The van der Waals surface area contributed by atoms with Crippen LogP contribution in [0.2, 0.25) is 0 Å². The normalized spacial score (nSPS) is 10.7. The van der Waals surface area contributed by atoms with Crippen molar-refractivity contribution < 1.29 is 19.1 Å². The Morgan fingerprint density at radius 2 is 1.92 bits per heavy atom. The number of rotatable bonds is 7. The van der Waals surface area contributed by atoms with Gasteiger partial charge >= 0.3 is 5.97 Å². The molecule has 1 amide bonds. The maximum Gasteiger partial charge on any atom is 0.345 e. The summed E-state index contributed by atoms with van der Waals surface area (Å²) in [7, 11) is 1.50. The molecule has 2 aromatic rings. The highest BCUT2D eigenvalue weighted by Gasteiger charge is 2.21. The minimum absolute atomic E-state index is 0.154. The van der Waals surface area contributed by atoms with Crippen molar-refractivity contribution in [2.45, 2.75) is 6.92 Å². The number of anilines is 2. The van der Waals surface area contributed by atoms with Crippen LogP contribution in [-0.4, -0.2) is 30.6 Å². The molecule has 1 aromatic heterocycles. The number of hydrogen-bond acceptors (Lipinski definition) is 6. The van der Waals surface area contributed by atoms with Crippen molar-refractivity contribution in [2.75, 3.05) is 24.4 Å². The fourth-order valence-corrected chi connectivity index (χ4v) is 1.96. The second kappa shape index (κ2) is 9.07. The number of pyridine rings is 1. The van der Waals surface area contributed by atoms with E-state index in [0.717, 1.165) is 0 Å². The molecular weight excluding hydrogens is 322 g/mol. The second-order valence-corrected chi connectivity index (χ2v) is 4.79. The molecule has 0 saturated heterocycles. The van der Waals surface area contributed by atoms with Crippen molar-refractivity contribution >= 4 is 23.4 Å². The number of esters is 1. The van der Waals surface area contributed by atoms with E-state index >= 15 is 0 Å². The van der Waals surface area contributed by atoms with Gasteiger partial charge in [0, 0.05) is 12.4 Å². The van der Waals surface area contributed by atoms with Crippen molar-refractivity contribution in [1.82, 2.24) is 4.98 Å². The molecule has 0 spiro atoms. The predicted molar refractivity (Wildman–Crippen MR) is 94.2 cm³/mol. The van der Waals surface area contributed by atoms with Gasteiger partial charge in [-0.2, -0.15) is 0 Å². The Bertz CT molecular complexity index is 760. The van der Waals surface area contributed by atoms with E-state index in [1.165, 1.54) is 13.3 Å². The quantitative estimate of drug-likeness (QED) is 0.348. The van der Waals surface area contributed by atoms with Gasteiger partial charge < -0.3 is 20.1 Å². The SMILES string of the molecule is CCOC(=O)C(=CNc1ccccn1)C(=O)Nc1ccccc1OC. The van der Waals surface area contributed by atoms with E-state index in [2.05, 4.69) is 15.6 Å². The van der Waals surface area contributed by atoms with Crippen LogP contribution >= 0.6 is 0 Å². The largest absolute Gasteiger partial charge is 0.495 e. The van der Waals surface area contributed by atoms with Crippen LogP contribution < -0.4 is 15.4 Å². The van der Waals surface area contributed by atoms with Crippen LogP contribution in [0.5, 0.6) is 5.75 Å². The lowest BCUT2D eigenvalue weighted by Crippen LogP contribution is -2.23. The van der Waals surface area contributed by atoms with Crippen LogP contribution in [0.25, 0.3) is 0 Å². The average Bonchev–Trinajstić information content (AvgIpc) is 2.63. The zero-order valence-corrected chi connectivity index (χ0v) is 14.0. The van der Waals surface area contributed by atoms with Gasteiger partial charge in [0.2, 0.25) is 0 Å². The van der Waals surface area contributed by atoms with Crippen LogP contribution in [-0.2, 0) is 14.3 Å².